The first kappa shape index (κ1) is 14.1. The molecule has 1 aliphatic heterocycles. The summed E-state index contributed by atoms with van der Waals surface area (Å²) in [5.74, 6) is 0.0857. The first-order chi connectivity index (χ1) is 10.1. The fraction of sp³-hybridized carbons (Fsp3) is 0.357. The van der Waals surface area contributed by atoms with Crippen molar-refractivity contribution in [2.45, 2.75) is 25.8 Å². The Kier molecular flexibility index (Phi) is 3.92. The van der Waals surface area contributed by atoms with Crippen LogP contribution in [-0.2, 0) is 24.8 Å². The van der Waals surface area contributed by atoms with E-state index in [1.54, 1.807) is 7.05 Å². The van der Waals surface area contributed by atoms with Gasteiger partial charge in [0.1, 0.15) is 5.69 Å². The van der Waals surface area contributed by atoms with E-state index < -0.39 is 0 Å². The number of benzene rings is 1. The molecule has 0 aliphatic carbocycles. The van der Waals surface area contributed by atoms with Gasteiger partial charge in [0.2, 0.25) is 5.91 Å². The molecule has 0 spiro atoms. The maximum atomic E-state index is 11.6. The van der Waals surface area contributed by atoms with Crippen LogP contribution in [0.25, 0.3) is 0 Å². The fourth-order valence-electron chi connectivity index (χ4n) is 2.39. The number of hydrogen-bond donors (Lipinski definition) is 2. The maximum Gasteiger partial charge on any atom is 0.224 e. The second-order valence-electron chi connectivity index (χ2n) is 5.05. The quantitative estimate of drug-likeness (QED) is 0.892. The average Bonchev–Trinajstić information content (AvgIpc) is 2.65. The number of nitrogens with zero attached hydrogens (tertiary/aromatic N) is 3. The molecule has 110 valence electrons. The highest BCUT2D eigenvalue weighted by Crippen LogP contribution is 2.26. The Balaban J connectivity index is 1.74. The molecular weight excluding hydrogens is 334 g/mol. The van der Waals surface area contributed by atoms with Crippen LogP contribution in [0.1, 0.15) is 24.1 Å². The van der Waals surface area contributed by atoms with E-state index in [4.69, 9.17) is 0 Å². The molecule has 0 fully saturated rings. The molecule has 1 aliphatic rings. The van der Waals surface area contributed by atoms with Crippen molar-refractivity contribution >= 4 is 33.2 Å². The lowest BCUT2D eigenvalue weighted by atomic mass is 10.1. The van der Waals surface area contributed by atoms with Gasteiger partial charge in [0.05, 0.1) is 6.54 Å². The first-order valence-corrected chi connectivity index (χ1v) is 7.63. The Morgan fingerprint density at radius 3 is 3.00 bits per heavy atom. The van der Waals surface area contributed by atoms with Crippen molar-refractivity contribution in [3.8, 4) is 0 Å². The number of amides is 1. The Morgan fingerprint density at radius 2 is 2.24 bits per heavy atom. The second-order valence-corrected chi connectivity index (χ2v) is 5.81. The van der Waals surface area contributed by atoms with Crippen molar-refractivity contribution in [3.63, 3.8) is 0 Å². The maximum absolute atomic E-state index is 11.6. The molecule has 1 amide bonds. The van der Waals surface area contributed by atoms with Gasteiger partial charge in [0, 0.05) is 24.8 Å². The van der Waals surface area contributed by atoms with Gasteiger partial charge < -0.3 is 10.6 Å². The lowest BCUT2D eigenvalue weighted by Gasteiger charge is -2.10. The molecule has 0 saturated carbocycles. The number of aryl methyl sites for hydroxylation is 2. The normalized spacial score (nSPS) is 14.3. The third kappa shape index (κ3) is 3.24. The van der Waals surface area contributed by atoms with E-state index in [1.165, 1.54) is 10.4 Å². The highest BCUT2D eigenvalue weighted by molar-refractivity contribution is 9.10. The summed E-state index contributed by atoms with van der Waals surface area (Å²) in [5, 5.41) is 14.7. The van der Waals surface area contributed by atoms with Crippen LogP contribution < -0.4 is 10.6 Å². The lowest BCUT2D eigenvalue weighted by molar-refractivity contribution is -0.116. The van der Waals surface area contributed by atoms with Gasteiger partial charge in [-0.2, -0.15) is 9.90 Å². The molecular formula is C14H16BrN5O. The Labute approximate surface area is 131 Å². The van der Waals surface area contributed by atoms with Gasteiger partial charge in [-0.25, -0.2) is 0 Å². The van der Waals surface area contributed by atoms with Crippen LogP contribution in [-0.4, -0.2) is 20.9 Å². The molecule has 1 aromatic heterocycles. The highest BCUT2D eigenvalue weighted by atomic mass is 79.9. The Bertz CT molecular complexity index is 682. The van der Waals surface area contributed by atoms with Crippen LogP contribution in [0.15, 0.2) is 22.8 Å². The SMILES string of the molecule is Cn1nc(Br)c(CNc2ccc3c(c2)NC(=O)CCC3)n1. The minimum absolute atomic E-state index is 0.0857. The molecule has 0 atom stereocenters. The standard InChI is InChI=1S/C14H16BrN5O/c1-20-18-12(14(15)19-20)8-16-10-6-5-9-3-2-4-13(21)17-11(9)7-10/h5-7,16H,2-4,8H2,1H3,(H,17,21). The van der Waals surface area contributed by atoms with Gasteiger partial charge in [-0.05, 0) is 46.5 Å². The highest BCUT2D eigenvalue weighted by Gasteiger charge is 2.13. The number of anilines is 2. The van der Waals surface area contributed by atoms with Crippen LogP contribution in [0.2, 0.25) is 0 Å². The molecule has 2 aromatic rings. The van der Waals surface area contributed by atoms with Crippen LogP contribution >= 0.6 is 15.9 Å². The van der Waals surface area contributed by atoms with Crippen molar-refractivity contribution in [2.24, 2.45) is 7.05 Å². The molecule has 0 saturated heterocycles. The molecule has 21 heavy (non-hydrogen) atoms. The molecule has 0 bridgehead atoms. The molecule has 2 N–H and O–H groups in total. The Hall–Kier alpha value is -1.89. The molecule has 3 rings (SSSR count). The number of nitrogens with one attached hydrogen (secondary N) is 2. The fourth-order valence-corrected chi connectivity index (χ4v) is 2.84. The first-order valence-electron chi connectivity index (χ1n) is 6.84. The summed E-state index contributed by atoms with van der Waals surface area (Å²) in [6.07, 6.45) is 2.42. The van der Waals surface area contributed by atoms with E-state index in [-0.39, 0.29) is 5.91 Å². The number of halogens is 1. The van der Waals surface area contributed by atoms with Gasteiger partial charge in [-0.1, -0.05) is 6.07 Å². The molecule has 7 heteroatoms. The largest absolute Gasteiger partial charge is 0.379 e. The van der Waals surface area contributed by atoms with E-state index in [0.717, 1.165) is 34.5 Å². The summed E-state index contributed by atoms with van der Waals surface area (Å²) >= 11 is 3.38. The minimum Gasteiger partial charge on any atom is -0.379 e. The Morgan fingerprint density at radius 1 is 1.38 bits per heavy atom. The summed E-state index contributed by atoms with van der Waals surface area (Å²) in [5.41, 5.74) is 3.89. The second kappa shape index (κ2) is 5.85. The van der Waals surface area contributed by atoms with E-state index in [9.17, 15) is 4.79 Å². The van der Waals surface area contributed by atoms with Gasteiger partial charge >= 0.3 is 0 Å². The minimum atomic E-state index is 0.0857. The smallest absolute Gasteiger partial charge is 0.224 e. The number of hydrogen-bond acceptors (Lipinski definition) is 4. The monoisotopic (exact) mass is 349 g/mol. The average molecular weight is 350 g/mol. The van der Waals surface area contributed by atoms with Crippen LogP contribution in [0.4, 0.5) is 11.4 Å². The third-order valence-electron chi connectivity index (χ3n) is 3.43. The molecule has 6 nitrogen and oxygen atoms in total. The van der Waals surface area contributed by atoms with Gasteiger partial charge in [0.25, 0.3) is 0 Å². The van der Waals surface area contributed by atoms with Crippen molar-refractivity contribution in [2.75, 3.05) is 10.6 Å². The summed E-state index contributed by atoms with van der Waals surface area (Å²) in [7, 11) is 1.78. The number of fused-ring (bicyclic) bond motifs is 1. The zero-order chi connectivity index (χ0) is 14.8. The summed E-state index contributed by atoms with van der Waals surface area (Å²) in [6.45, 7) is 0.571. The van der Waals surface area contributed by atoms with Crippen molar-refractivity contribution in [1.82, 2.24) is 15.0 Å². The van der Waals surface area contributed by atoms with E-state index in [1.807, 2.05) is 12.1 Å². The zero-order valence-electron chi connectivity index (χ0n) is 11.7. The third-order valence-corrected chi connectivity index (χ3v) is 4.05. The summed E-state index contributed by atoms with van der Waals surface area (Å²) < 4.78 is 0.737. The van der Waals surface area contributed by atoms with Crippen LogP contribution in [0.5, 0.6) is 0 Å². The number of rotatable bonds is 3. The molecule has 1 aromatic carbocycles. The van der Waals surface area contributed by atoms with Gasteiger partial charge in [-0.15, -0.1) is 5.10 Å². The number of carbonyl (C=O) groups is 1. The van der Waals surface area contributed by atoms with E-state index in [0.29, 0.717) is 13.0 Å². The summed E-state index contributed by atoms with van der Waals surface area (Å²) in [4.78, 5) is 13.2. The van der Waals surface area contributed by atoms with Crippen LogP contribution in [0.3, 0.4) is 0 Å². The van der Waals surface area contributed by atoms with Crippen LogP contribution in [0, 0.1) is 0 Å². The topological polar surface area (TPSA) is 71.8 Å². The van der Waals surface area contributed by atoms with Gasteiger partial charge in [0.15, 0.2) is 4.60 Å². The lowest BCUT2D eigenvalue weighted by Crippen LogP contribution is -2.09. The predicted octanol–water partition coefficient (Wildman–Crippen LogP) is 2.46. The molecule has 2 heterocycles. The molecule has 0 radical (unpaired) electrons. The van der Waals surface area contributed by atoms with E-state index >= 15 is 0 Å². The van der Waals surface area contributed by atoms with Crippen molar-refractivity contribution in [3.05, 3.63) is 34.1 Å². The predicted molar refractivity (Wildman–Crippen MR) is 84.0 cm³/mol. The zero-order valence-corrected chi connectivity index (χ0v) is 13.3. The number of carbonyl (C=O) groups excluding carboxylic acids is 1. The molecule has 0 unspecified atom stereocenters. The summed E-state index contributed by atoms with van der Waals surface area (Å²) in [6, 6.07) is 6.07. The van der Waals surface area contributed by atoms with Crippen molar-refractivity contribution < 1.29 is 4.79 Å². The van der Waals surface area contributed by atoms with Gasteiger partial charge in [-0.3, -0.25) is 4.79 Å². The number of aromatic nitrogens is 3. The van der Waals surface area contributed by atoms with E-state index in [2.05, 4.69) is 42.8 Å². The van der Waals surface area contributed by atoms with Crippen molar-refractivity contribution in [1.29, 1.82) is 0 Å².